The van der Waals surface area contributed by atoms with Gasteiger partial charge in [-0.15, -0.1) is 0 Å². The Morgan fingerprint density at radius 1 is 1.22 bits per heavy atom. The molecule has 0 aromatic heterocycles. The smallest absolute Gasteiger partial charge is 0.332 e. The van der Waals surface area contributed by atoms with Gasteiger partial charge >= 0.3 is 5.97 Å². The predicted molar refractivity (Wildman–Crippen MR) is 88.2 cm³/mol. The van der Waals surface area contributed by atoms with Crippen LogP contribution in [0.2, 0.25) is 0 Å². The Balaban J connectivity index is 2.00. The van der Waals surface area contributed by atoms with Crippen LogP contribution in [0.15, 0.2) is 29.8 Å². The highest BCUT2D eigenvalue weighted by molar-refractivity contribution is 5.98. The molecular weight excluding hydrogens is 294 g/mol. The van der Waals surface area contributed by atoms with Crippen molar-refractivity contribution >= 4 is 18.0 Å². The molecule has 2 N–H and O–H groups in total. The second kappa shape index (κ2) is 8.36. The standard InChI is InChI=1S/C18H23NO4/c1-23-16-9-7-13(8-10-16)11-14(18(21)22)12-17(20)19-15-5-3-2-4-6-15/h7-11,15H,2-6,12H2,1H3,(H,19,20)(H,21,22)/b14-11-. The van der Waals surface area contributed by atoms with E-state index in [1.54, 1.807) is 31.4 Å². The average molecular weight is 317 g/mol. The monoisotopic (exact) mass is 317 g/mol. The van der Waals surface area contributed by atoms with E-state index in [1.165, 1.54) is 12.5 Å². The molecule has 2 rings (SSSR count). The van der Waals surface area contributed by atoms with Crippen molar-refractivity contribution in [3.8, 4) is 5.75 Å². The minimum absolute atomic E-state index is 0.0866. The fourth-order valence-electron chi connectivity index (χ4n) is 2.79. The minimum Gasteiger partial charge on any atom is -0.497 e. The molecule has 0 spiro atoms. The predicted octanol–water partition coefficient (Wildman–Crippen LogP) is 3.00. The molecule has 1 amide bonds. The van der Waals surface area contributed by atoms with Crippen molar-refractivity contribution in [3.05, 3.63) is 35.4 Å². The molecule has 0 atom stereocenters. The summed E-state index contributed by atoms with van der Waals surface area (Å²) >= 11 is 0. The van der Waals surface area contributed by atoms with Gasteiger partial charge in [0, 0.05) is 11.6 Å². The van der Waals surface area contributed by atoms with Gasteiger partial charge in [-0.25, -0.2) is 4.79 Å². The summed E-state index contributed by atoms with van der Waals surface area (Å²) in [6, 6.07) is 7.23. The fraction of sp³-hybridized carbons (Fsp3) is 0.444. The Hall–Kier alpha value is -2.30. The first-order chi connectivity index (χ1) is 11.1. The Morgan fingerprint density at radius 3 is 2.43 bits per heavy atom. The second-order valence-corrected chi connectivity index (χ2v) is 5.83. The lowest BCUT2D eigenvalue weighted by atomic mass is 9.95. The molecule has 0 radical (unpaired) electrons. The van der Waals surface area contributed by atoms with Crippen LogP contribution in [0, 0.1) is 0 Å². The van der Waals surface area contributed by atoms with Gasteiger partial charge in [-0.3, -0.25) is 4.79 Å². The molecule has 1 fully saturated rings. The molecule has 0 heterocycles. The minimum atomic E-state index is -1.07. The van der Waals surface area contributed by atoms with Crippen LogP contribution in [0.1, 0.15) is 44.1 Å². The SMILES string of the molecule is COc1ccc(/C=C(/CC(=O)NC2CCCCC2)C(=O)O)cc1. The van der Waals surface area contributed by atoms with Crippen molar-refractivity contribution in [2.75, 3.05) is 7.11 Å². The van der Waals surface area contributed by atoms with Crippen molar-refractivity contribution in [1.29, 1.82) is 0 Å². The van der Waals surface area contributed by atoms with E-state index in [0.717, 1.165) is 31.2 Å². The number of hydrogen-bond donors (Lipinski definition) is 2. The summed E-state index contributed by atoms with van der Waals surface area (Å²) < 4.78 is 5.07. The highest BCUT2D eigenvalue weighted by Crippen LogP contribution is 2.19. The van der Waals surface area contributed by atoms with Crippen LogP contribution in [0.5, 0.6) is 5.75 Å². The third-order valence-electron chi connectivity index (χ3n) is 4.05. The summed E-state index contributed by atoms with van der Waals surface area (Å²) in [5.41, 5.74) is 0.817. The number of carbonyl (C=O) groups excluding carboxylic acids is 1. The average Bonchev–Trinajstić information content (AvgIpc) is 2.55. The van der Waals surface area contributed by atoms with Crippen LogP contribution in [0.3, 0.4) is 0 Å². The van der Waals surface area contributed by atoms with E-state index in [4.69, 9.17) is 4.74 Å². The normalized spacial score (nSPS) is 16.0. The van der Waals surface area contributed by atoms with E-state index in [9.17, 15) is 14.7 Å². The summed E-state index contributed by atoms with van der Waals surface area (Å²) in [6.07, 6.45) is 6.84. The third kappa shape index (κ3) is 5.43. The number of methoxy groups -OCH3 is 1. The molecule has 5 nitrogen and oxygen atoms in total. The van der Waals surface area contributed by atoms with Gasteiger partial charge in [-0.2, -0.15) is 0 Å². The highest BCUT2D eigenvalue weighted by atomic mass is 16.5. The first-order valence-corrected chi connectivity index (χ1v) is 7.96. The van der Waals surface area contributed by atoms with Crippen LogP contribution < -0.4 is 10.1 Å². The van der Waals surface area contributed by atoms with E-state index in [1.807, 2.05) is 0 Å². The van der Waals surface area contributed by atoms with Crippen LogP contribution in [0.4, 0.5) is 0 Å². The van der Waals surface area contributed by atoms with Gasteiger partial charge in [0.2, 0.25) is 5.91 Å². The van der Waals surface area contributed by atoms with Crippen molar-refractivity contribution < 1.29 is 19.4 Å². The summed E-state index contributed by atoms with van der Waals surface area (Å²) in [6.45, 7) is 0. The molecule has 124 valence electrons. The molecule has 5 heteroatoms. The van der Waals surface area contributed by atoms with Crippen molar-refractivity contribution in [2.45, 2.75) is 44.6 Å². The van der Waals surface area contributed by atoms with Gasteiger partial charge in [0.25, 0.3) is 0 Å². The second-order valence-electron chi connectivity index (χ2n) is 5.83. The molecule has 0 saturated heterocycles. The maximum absolute atomic E-state index is 12.1. The number of rotatable bonds is 6. The lowest BCUT2D eigenvalue weighted by molar-refractivity contribution is -0.134. The number of carboxylic acids is 1. The maximum Gasteiger partial charge on any atom is 0.332 e. The Morgan fingerprint density at radius 2 is 1.87 bits per heavy atom. The molecule has 0 unspecified atom stereocenters. The molecule has 23 heavy (non-hydrogen) atoms. The largest absolute Gasteiger partial charge is 0.497 e. The number of carbonyl (C=O) groups is 2. The van der Waals surface area contributed by atoms with E-state index in [-0.39, 0.29) is 23.9 Å². The fourth-order valence-corrected chi connectivity index (χ4v) is 2.79. The molecule has 1 aliphatic rings. The Labute approximate surface area is 136 Å². The summed E-state index contributed by atoms with van der Waals surface area (Å²) in [5.74, 6) is -0.590. The van der Waals surface area contributed by atoms with Gasteiger partial charge in [-0.1, -0.05) is 31.4 Å². The highest BCUT2D eigenvalue weighted by Gasteiger charge is 2.18. The van der Waals surface area contributed by atoms with Gasteiger partial charge in [0.1, 0.15) is 5.75 Å². The van der Waals surface area contributed by atoms with Crippen molar-refractivity contribution in [3.63, 3.8) is 0 Å². The number of nitrogens with one attached hydrogen (secondary N) is 1. The zero-order valence-electron chi connectivity index (χ0n) is 13.4. The summed E-state index contributed by atoms with van der Waals surface area (Å²) in [7, 11) is 1.57. The number of benzene rings is 1. The van der Waals surface area contributed by atoms with Gasteiger partial charge in [-0.05, 0) is 36.6 Å². The van der Waals surface area contributed by atoms with E-state index < -0.39 is 5.97 Å². The lowest BCUT2D eigenvalue weighted by Gasteiger charge is -2.22. The molecule has 0 bridgehead atoms. The topological polar surface area (TPSA) is 75.6 Å². The quantitative estimate of drug-likeness (QED) is 0.791. The first-order valence-electron chi connectivity index (χ1n) is 7.96. The first kappa shape index (κ1) is 17.1. The summed E-state index contributed by atoms with van der Waals surface area (Å²) in [5, 5.41) is 12.3. The van der Waals surface area contributed by atoms with E-state index in [0.29, 0.717) is 5.75 Å². The lowest BCUT2D eigenvalue weighted by Crippen LogP contribution is -2.36. The van der Waals surface area contributed by atoms with Crippen molar-refractivity contribution in [2.24, 2.45) is 0 Å². The number of hydrogen-bond acceptors (Lipinski definition) is 3. The third-order valence-corrected chi connectivity index (χ3v) is 4.05. The molecule has 1 aromatic rings. The molecular formula is C18H23NO4. The maximum atomic E-state index is 12.1. The van der Waals surface area contributed by atoms with Gasteiger partial charge in [0.15, 0.2) is 0 Å². The number of ether oxygens (including phenoxy) is 1. The molecule has 1 aromatic carbocycles. The van der Waals surface area contributed by atoms with Gasteiger partial charge < -0.3 is 15.2 Å². The molecule has 0 aliphatic heterocycles. The number of amides is 1. The van der Waals surface area contributed by atoms with Crippen LogP contribution >= 0.6 is 0 Å². The van der Waals surface area contributed by atoms with Gasteiger partial charge in [0.05, 0.1) is 13.5 Å². The zero-order chi connectivity index (χ0) is 16.7. The van der Waals surface area contributed by atoms with Crippen LogP contribution in [-0.4, -0.2) is 30.1 Å². The zero-order valence-corrected chi connectivity index (χ0v) is 13.4. The summed E-state index contributed by atoms with van der Waals surface area (Å²) in [4.78, 5) is 23.5. The molecule has 1 saturated carbocycles. The Kier molecular flexibility index (Phi) is 6.20. The number of carboxylic acid groups (broad SMARTS) is 1. The van der Waals surface area contributed by atoms with E-state index in [2.05, 4.69) is 5.32 Å². The Bertz CT molecular complexity index is 571. The van der Waals surface area contributed by atoms with E-state index >= 15 is 0 Å². The van der Waals surface area contributed by atoms with Crippen LogP contribution in [-0.2, 0) is 9.59 Å². The van der Waals surface area contributed by atoms with Crippen LogP contribution in [0.25, 0.3) is 6.08 Å². The molecule has 1 aliphatic carbocycles. The van der Waals surface area contributed by atoms with Crippen molar-refractivity contribution in [1.82, 2.24) is 5.32 Å². The number of aliphatic carboxylic acids is 1.